The molecule has 1 N–H and O–H groups in total. The Labute approximate surface area is 116 Å². The van der Waals surface area contributed by atoms with E-state index in [4.69, 9.17) is 9.05 Å². The second-order valence-electron chi connectivity index (χ2n) is 3.28. The summed E-state index contributed by atoms with van der Waals surface area (Å²) in [5, 5.41) is 0. The molecule has 0 saturated carbocycles. The van der Waals surface area contributed by atoms with Gasteiger partial charge in [-0.15, -0.1) is 0 Å². The van der Waals surface area contributed by atoms with E-state index < -0.39 is 7.82 Å². The molecule has 0 fully saturated rings. The quantitative estimate of drug-likeness (QED) is 0.696. The average Bonchev–Trinajstić information content (AvgIpc) is 2.30. The molecule has 0 atom stereocenters. The van der Waals surface area contributed by atoms with Gasteiger partial charge in [0.25, 0.3) is 0 Å². The van der Waals surface area contributed by atoms with Crippen LogP contribution in [0.15, 0.2) is 60.7 Å². The average molecular weight is 306 g/mol. The molecule has 2 aromatic rings. The molecule has 0 radical (unpaired) electrons. The maximum atomic E-state index is 11.7. The van der Waals surface area contributed by atoms with Gasteiger partial charge in [-0.05, 0) is 24.3 Å². The van der Waals surface area contributed by atoms with Gasteiger partial charge < -0.3 is 9.05 Å². The van der Waals surface area contributed by atoms with Gasteiger partial charge in [0.15, 0.2) is 0 Å². The zero-order valence-electron chi connectivity index (χ0n) is 9.25. The van der Waals surface area contributed by atoms with Gasteiger partial charge in [0.2, 0.25) is 0 Å². The third kappa shape index (κ3) is 4.55. The Kier molecular flexibility index (Phi) is 5.45. The van der Waals surface area contributed by atoms with Crippen LogP contribution in [0.5, 0.6) is 11.5 Å². The van der Waals surface area contributed by atoms with Gasteiger partial charge in [0.05, 0.1) is 0 Å². The molecule has 96 valence electrons. The molecule has 4 nitrogen and oxygen atoms in total. The van der Waals surface area contributed by atoms with E-state index >= 15 is 0 Å². The molecule has 0 heterocycles. The van der Waals surface area contributed by atoms with E-state index in [9.17, 15) is 9.46 Å². The largest absolute Gasteiger partial charge is 0.584 e. The number of hydrogen-bond donors (Lipinski definition) is 1. The van der Waals surface area contributed by atoms with Crippen molar-refractivity contribution in [2.75, 3.05) is 0 Å². The first kappa shape index (κ1) is 14.8. The number of benzene rings is 2. The number of hydrogen-bond acceptors (Lipinski definition) is 3. The predicted molar refractivity (Wildman–Crippen MR) is 64.0 cm³/mol. The summed E-state index contributed by atoms with van der Waals surface area (Å²) < 4.78 is 21.5. The molecule has 0 bridgehead atoms. The fourth-order valence-electron chi connectivity index (χ4n) is 1.25. The maximum absolute atomic E-state index is 11.7. The zero-order valence-corrected chi connectivity index (χ0v) is 11.2. The minimum Gasteiger partial charge on any atom is -0.395 e. The number of phosphoric acid groups is 1. The van der Waals surface area contributed by atoms with Crippen molar-refractivity contribution in [3.05, 3.63) is 60.7 Å². The summed E-state index contributed by atoms with van der Waals surface area (Å²) in [6.07, 6.45) is 0. The Balaban J connectivity index is 0.00000162. The molecular formula is C12H11FeO4P. The standard InChI is InChI=1S/C12H11O4P.Fe/c13-17(14,15-11-7-3-1-4-8-11)16-12-9-5-2-6-10-12;/h1-10H,(H,13,14);. The Bertz CT molecular complexity index is 473. The monoisotopic (exact) mass is 306 g/mol. The van der Waals surface area contributed by atoms with Crippen LogP contribution in [0, 0.1) is 0 Å². The normalized spacial score (nSPS) is 10.3. The van der Waals surface area contributed by atoms with Crippen molar-refractivity contribution < 1.29 is 35.6 Å². The van der Waals surface area contributed by atoms with Gasteiger partial charge in [0, 0.05) is 17.1 Å². The Morgan fingerprint density at radius 2 is 1.11 bits per heavy atom. The first-order valence-electron chi connectivity index (χ1n) is 4.98. The Hall–Kier alpha value is -1.25. The first-order valence-corrected chi connectivity index (χ1v) is 6.47. The van der Waals surface area contributed by atoms with E-state index in [0.717, 1.165) is 0 Å². The van der Waals surface area contributed by atoms with Crippen molar-refractivity contribution in [2.45, 2.75) is 0 Å². The predicted octanol–water partition coefficient (Wildman–Crippen LogP) is 3.24. The molecule has 2 rings (SSSR count). The van der Waals surface area contributed by atoms with E-state index in [1.807, 2.05) is 0 Å². The fourth-order valence-corrected chi connectivity index (χ4v) is 2.06. The van der Waals surface area contributed by atoms with Crippen LogP contribution in [0.4, 0.5) is 0 Å². The van der Waals surface area contributed by atoms with E-state index in [0.29, 0.717) is 0 Å². The van der Waals surface area contributed by atoms with Crippen molar-refractivity contribution in [1.82, 2.24) is 0 Å². The Morgan fingerprint density at radius 1 is 0.778 bits per heavy atom. The molecule has 0 aromatic heterocycles. The smallest absolute Gasteiger partial charge is 0.395 e. The Morgan fingerprint density at radius 3 is 1.44 bits per heavy atom. The van der Waals surface area contributed by atoms with Gasteiger partial charge >= 0.3 is 7.82 Å². The molecular weight excluding hydrogens is 295 g/mol. The molecule has 0 unspecified atom stereocenters. The fraction of sp³-hybridized carbons (Fsp3) is 0. The van der Waals surface area contributed by atoms with Crippen molar-refractivity contribution in [3.63, 3.8) is 0 Å². The summed E-state index contributed by atoms with van der Waals surface area (Å²) in [5.74, 6) is 0.573. The summed E-state index contributed by atoms with van der Waals surface area (Å²) in [4.78, 5) is 9.53. The molecule has 0 spiro atoms. The van der Waals surface area contributed by atoms with Crippen LogP contribution in [0.2, 0.25) is 0 Å². The molecule has 0 amide bonds. The van der Waals surface area contributed by atoms with Gasteiger partial charge in [0.1, 0.15) is 11.5 Å². The van der Waals surface area contributed by atoms with Crippen LogP contribution in [0.1, 0.15) is 0 Å². The van der Waals surface area contributed by atoms with Crippen LogP contribution < -0.4 is 9.05 Å². The van der Waals surface area contributed by atoms with Crippen LogP contribution >= 0.6 is 7.82 Å². The summed E-state index contributed by atoms with van der Waals surface area (Å²) >= 11 is 0. The third-order valence-electron chi connectivity index (χ3n) is 1.93. The van der Waals surface area contributed by atoms with Crippen LogP contribution in [-0.4, -0.2) is 4.89 Å². The maximum Gasteiger partial charge on any atom is 0.584 e. The minimum absolute atomic E-state index is 0. The van der Waals surface area contributed by atoms with Crippen molar-refractivity contribution in [3.8, 4) is 11.5 Å². The second-order valence-corrected chi connectivity index (χ2v) is 4.58. The topological polar surface area (TPSA) is 55.8 Å². The SMILES string of the molecule is O=P(O)(Oc1ccccc1)Oc1ccccc1.[Fe]. The number of phosphoric ester groups is 1. The summed E-state index contributed by atoms with van der Waals surface area (Å²) in [5.41, 5.74) is 0. The van der Waals surface area contributed by atoms with E-state index in [-0.39, 0.29) is 28.6 Å². The molecule has 0 aliphatic carbocycles. The molecule has 0 aliphatic heterocycles. The number of para-hydroxylation sites is 2. The van der Waals surface area contributed by atoms with E-state index in [2.05, 4.69) is 0 Å². The van der Waals surface area contributed by atoms with Gasteiger partial charge in [-0.25, -0.2) is 4.57 Å². The molecule has 18 heavy (non-hydrogen) atoms. The van der Waals surface area contributed by atoms with E-state index in [1.54, 1.807) is 60.7 Å². The summed E-state index contributed by atoms with van der Waals surface area (Å²) in [6.45, 7) is 0. The first-order chi connectivity index (χ1) is 8.16. The van der Waals surface area contributed by atoms with Gasteiger partial charge in [-0.2, -0.15) is 0 Å². The molecule has 6 heteroatoms. The van der Waals surface area contributed by atoms with Gasteiger partial charge in [-0.1, -0.05) is 36.4 Å². The van der Waals surface area contributed by atoms with Crippen LogP contribution in [-0.2, 0) is 21.6 Å². The third-order valence-corrected chi connectivity index (χ3v) is 2.81. The van der Waals surface area contributed by atoms with Crippen LogP contribution in [0.3, 0.4) is 0 Å². The molecule has 0 aliphatic rings. The number of rotatable bonds is 4. The summed E-state index contributed by atoms with van der Waals surface area (Å²) in [7, 11) is -4.14. The van der Waals surface area contributed by atoms with Gasteiger partial charge in [-0.3, -0.25) is 4.89 Å². The minimum atomic E-state index is -4.14. The van der Waals surface area contributed by atoms with E-state index in [1.165, 1.54) is 0 Å². The summed E-state index contributed by atoms with van der Waals surface area (Å²) in [6, 6.07) is 16.7. The molecule has 0 saturated heterocycles. The van der Waals surface area contributed by atoms with Crippen molar-refractivity contribution in [2.24, 2.45) is 0 Å². The van der Waals surface area contributed by atoms with Crippen molar-refractivity contribution >= 4 is 7.82 Å². The van der Waals surface area contributed by atoms with Crippen molar-refractivity contribution in [1.29, 1.82) is 0 Å². The zero-order chi connectivity index (χ0) is 12.1. The molecule has 2 aromatic carbocycles. The van der Waals surface area contributed by atoms with Crippen LogP contribution in [0.25, 0.3) is 0 Å². The second kappa shape index (κ2) is 6.62.